The number of hydrogen-bond donors (Lipinski definition) is 2. The Bertz CT molecular complexity index is 491. The van der Waals surface area contributed by atoms with Gasteiger partial charge in [0.15, 0.2) is 0 Å². The highest BCUT2D eigenvalue weighted by Gasteiger charge is 2.34. The van der Waals surface area contributed by atoms with Gasteiger partial charge in [-0.3, -0.25) is 5.10 Å². The van der Waals surface area contributed by atoms with Crippen LogP contribution in [0.5, 0.6) is 0 Å². The van der Waals surface area contributed by atoms with Gasteiger partial charge >= 0.3 is 0 Å². The van der Waals surface area contributed by atoms with Crippen molar-refractivity contribution in [3.05, 3.63) is 11.9 Å². The van der Waals surface area contributed by atoms with E-state index in [1.165, 1.54) is 6.20 Å². The Morgan fingerprint density at radius 1 is 1.56 bits per heavy atom. The van der Waals surface area contributed by atoms with E-state index in [-0.39, 0.29) is 6.04 Å². The molecule has 7 heteroatoms. The van der Waals surface area contributed by atoms with E-state index in [1.54, 1.807) is 11.2 Å². The highest BCUT2D eigenvalue weighted by atomic mass is 32.2. The third-order valence-corrected chi connectivity index (χ3v) is 5.32. The van der Waals surface area contributed by atoms with Crippen LogP contribution in [0.2, 0.25) is 0 Å². The van der Waals surface area contributed by atoms with Crippen LogP contribution in [0.25, 0.3) is 0 Å². The lowest BCUT2D eigenvalue weighted by atomic mass is 10.2. The van der Waals surface area contributed by atoms with Crippen molar-refractivity contribution in [3.8, 4) is 0 Å². The zero-order valence-electron chi connectivity index (χ0n) is 10.8. The van der Waals surface area contributed by atoms with Crippen LogP contribution in [-0.4, -0.2) is 48.6 Å². The molecular weight excluding hydrogens is 252 g/mol. The van der Waals surface area contributed by atoms with E-state index in [0.29, 0.717) is 17.1 Å². The van der Waals surface area contributed by atoms with Gasteiger partial charge in [0.1, 0.15) is 4.90 Å². The van der Waals surface area contributed by atoms with Crippen LogP contribution in [0.4, 0.5) is 0 Å². The number of sulfonamides is 1. The Morgan fingerprint density at radius 3 is 2.83 bits per heavy atom. The van der Waals surface area contributed by atoms with Crippen LogP contribution >= 0.6 is 0 Å². The third kappa shape index (κ3) is 2.43. The van der Waals surface area contributed by atoms with Crippen LogP contribution in [-0.2, 0) is 10.0 Å². The first-order valence-corrected chi connectivity index (χ1v) is 7.74. The van der Waals surface area contributed by atoms with Crippen LogP contribution < -0.4 is 5.32 Å². The maximum Gasteiger partial charge on any atom is 0.246 e. The van der Waals surface area contributed by atoms with Crippen molar-refractivity contribution < 1.29 is 8.42 Å². The van der Waals surface area contributed by atoms with E-state index in [0.717, 1.165) is 25.9 Å². The Balaban J connectivity index is 2.32. The van der Waals surface area contributed by atoms with Gasteiger partial charge in [0.2, 0.25) is 10.0 Å². The average molecular weight is 272 g/mol. The molecule has 2 N–H and O–H groups in total. The van der Waals surface area contributed by atoms with Gasteiger partial charge in [-0.25, -0.2) is 8.42 Å². The predicted octanol–water partition coefficient (Wildman–Crippen LogP) is 0.481. The van der Waals surface area contributed by atoms with Crippen LogP contribution in [0, 0.1) is 6.92 Å². The first kappa shape index (κ1) is 13.5. The molecule has 1 aromatic rings. The molecular formula is C11H20N4O2S. The molecule has 6 nitrogen and oxygen atoms in total. The molecule has 0 bridgehead atoms. The van der Waals surface area contributed by atoms with Gasteiger partial charge in [0, 0.05) is 19.1 Å². The van der Waals surface area contributed by atoms with Crippen molar-refractivity contribution >= 4 is 10.0 Å². The van der Waals surface area contributed by atoms with Crippen LogP contribution in [0.1, 0.15) is 25.5 Å². The summed E-state index contributed by atoms with van der Waals surface area (Å²) in [7, 11) is -3.43. The Labute approximate surface area is 108 Å². The fourth-order valence-corrected chi connectivity index (χ4v) is 4.20. The molecule has 2 heterocycles. The topological polar surface area (TPSA) is 78.1 Å². The van der Waals surface area contributed by atoms with Gasteiger partial charge in [-0.1, -0.05) is 6.92 Å². The number of rotatable bonds is 5. The maximum atomic E-state index is 12.6. The second-order valence-corrected chi connectivity index (χ2v) is 6.48. The fourth-order valence-electron chi connectivity index (χ4n) is 2.33. The van der Waals surface area contributed by atoms with Crippen molar-refractivity contribution in [2.45, 2.75) is 37.6 Å². The number of nitrogens with one attached hydrogen (secondary N) is 2. The van der Waals surface area contributed by atoms with Gasteiger partial charge in [-0.15, -0.1) is 0 Å². The molecule has 0 aromatic carbocycles. The lowest BCUT2D eigenvalue weighted by Gasteiger charge is -2.26. The number of aromatic amines is 1. The SMILES string of the molecule is CCCN(C1CCNC1)S(=O)(=O)c1cn[nH]c1C. The largest absolute Gasteiger partial charge is 0.315 e. The molecule has 18 heavy (non-hydrogen) atoms. The van der Waals surface area contributed by atoms with Crippen molar-refractivity contribution in [2.24, 2.45) is 0 Å². The number of H-pyrrole nitrogens is 1. The first-order chi connectivity index (χ1) is 8.57. The van der Waals surface area contributed by atoms with E-state index in [9.17, 15) is 8.42 Å². The summed E-state index contributed by atoms with van der Waals surface area (Å²) in [6.45, 7) is 5.89. The van der Waals surface area contributed by atoms with Crippen molar-refractivity contribution in [3.63, 3.8) is 0 Å². The summed E-state index contributed by atoms with van der Waals surface area (Å²) in [5.74, 6) is 0. The minimum absolute atomic E-state index is 0.0595. The molecule has 1 aromatic heterocycles. The van der Waals surface area contributed by atoms with E-state index in [2.05, 4.69) is 15.5 Å². The van der Waals surface area contributed by atoms with Crippen molar-refractivity contribution in [1.29, 1.82) is 0 Å². The summed E-state index contributed by atoms with van der Waals surface area (Å²) in [4.78, 5) is 0.294. The summed E-state index contributed by atoms with van der Waals surface area (Å²) < 4.78 is 26.9. The highest BCUT2D eigenvalue weighted by Crippen LogP contribution is 2.22. The lowest BCUT2D eigenvalue weighted by Crippen LogP contribution is -2.42. The highest BCUT2D eigenvalue weighted by molar-refractivity contribution is 7.89. The van der Waals surface area contributed by atoms with Crippen molar-refractivity contribution in [2.75, 3.05) is 19.6 Å². The molecule has 0 radical (unpaired) electrons. The molecule has 2 rings (SSSR count). The second kappa shape index (κ2) is 5.38. The quantitative estimate of drug-likeness (QED) is 0.817. The zero-order chi connectivity index (χ0) is 13.2. The van der Waals surface area contributed by atoms with Gasteiger partial charge in [0.05, 0.1) is 11.9 Å². The molecule has 1 aliphatic rings. The summed E-state index contributed by atoms with van der Waals surface area (Å²) >= 11 is 0. The molecule has 102 valence electrons. The lowest BCUT2D eigenvalue weighted by molar-refractivity contribution is 0.335. The average Bonchev–Trinajstić information content (AvgIpc) is 2.96. The Morgan fingerprint density at radius 2 is 2.33 bits per heavy atom. The molecule has 0 aliphatic carbocycles. The van der Waals surface area contributed by atoms with Crippen LogP contribution in [0.3, 0.4) is 0 Å². The minimum atomic E-state index is -3.43. The summed E-state index contributed by atoms with van der Waals surface area (Å²) in [5, 5.41) is 9.72. The minimum Gasteiger partial charge on any atom is -0.315 e. The van der Waals surface area contributed by atoms with E-state index in [1.807, 2.05) is 6.92 Å². The van der Waals surface area contributed by atoms with Crippen molar-refractivity contribution in [1.82, 2.24) is 19.8 Å². The summed E-state index contributed by atoms with van der Waals surface area (Å²) in [5.41, 5.74) is 0.599. The Hall–Kier alpha value is -0.920. The third-order valence-electron chi connectivity index (χ3n) is 3.26. The molecule has 0 spiro atoms. The van der Waals surface area contributed by atoms with E-state index < -0.39 is 10.0 Å². The number of hydrogen-bond acceptors (Lipinski definition) is 4. The standard InChI is InChI=1S/C11H20N4O2S/c1-3-6-15(10-4-5-12-7-10)18(16,17)11-8-13-14-9(11)2/h8,10,12H,3-7H2,1-2H3,(H,13,14). The second-order valence-electron chi connectivity index (χ2n) is 4.62. The van der Waals surface area contributed by atoms with Gasteiger partial charge in [-0.05, 0) is 26.3 Å². The smallest absolute Gasteiger partial charge is 0.246 e. The van der Waals surface area contributed by atoms with Crippen LogP contribution in [0.15, 0.2) is 11.1 Å². The van der Waals surface area contributed by atoms with Gasteiger partial charge in [0.25, 0.3) is 0 Å². The molecule has 1 fully saturated rings. The maximum absolute atomic E-state index is 12.6. The predicted molar refractivity (Wildman–Crippen MR) is 68.8 cm³/mol. The normalized spacial score (nSPS) is 20.7. The summed E-state index contributed by atoms with van der Waals surface area (Å²) in [6, 6.07) is 0.0595. The summed E-state index contributed by atoms with van der Waals surface area (Å²) in [6.07, 6.45) is 3.08. The monoisotopic (exact) mass is 272 g/mol. The molecule has 1 aliphatic heterocycles. The molecule has 0 saturated carbocycles. The van der Waals surface area contributed by atoms with Gasteiger partial charge < -0.3 is 5.32 Å². The molecule has 1 unspecified atom stereocenters. The van der Waals surface area contributed by atoms with E-state index in [4.69, 9.17) is 0 Å². The first-order valence-electron chi connectivity index (χ1n) is 6.30. The fraction of sp³-hybridized carbons (Fsp3) is 0.727. The van der Waals surface area contributed by atoms with Gasteiger partial charge in [-0.2, -0.15) is 9.40 Å². The van der Waals surface area contributed by atoms with E-state index >= 15 is 0 Å². The number of nitrogens with zero attached hydrogens (tertiary/aromatic N) is 2. The molecule has 1 atom stereocenters. The Kier molecular flexibility index (Phi) is 4.04. The molecule has 1 saturated heterocycles. The number of aromatic nitrogens is 2. The number of aryl methyl sites for hydroxylation is 1. The zero-order valence-corrected chi connectivity index (χ0v) is 11.6. The molecule has 0 amide bonds.